The number of carboxylic acid groups (broad SMARTS) is 1. The van der Waals surface area contributed by atoms with Crippen LogP contribution in [-0.2, 0) is 11.2 Å². The van der Waals surface area contributed by atoms with Crippen LogP contribution in [0, 0.1) is 5.92 Å². The summed E-state index contributed by atoms with van der Waals surface area (Å²) in [4.78, 5) is 29.6. The van der Waals surface area contributed by atoms with E-state index in [-0.39, 0.29) is 11.1 Å². The summed E-state index contributed by atoms with van der Waals surface area (Å²) >= 11 is 5.94. The monoisotopic (exact) mass is 310 g/mol. The Morgan fingerprint density at radius 2 is 2.19 bits per heavy atom. The van der Waals surface area contributed by atoms with Crippen LogP contribution in [-0.4, -0.2) is 39.5 Å². The molecule has 114 valence electrons. The van der Waals surface area contributed by atoms with Gasteiger partial charge in [-0.15, -0.1) is 0 Å². The summed E-state index contributed by atoms with van der Waals surface area (Å²) in [5, 5.41) is 9.60. The summed E-state index contributed by atoms with van der Waals surface area (Å²) in [5.74, 6) is -0.929. The molecule has 2 heterocycles. The van der Waals surface area contributed by atoms with E-state index in [1.165, 1.54) is 11.0 Å². The van der Waals surface area contributed by atoms with E-state index in [9.17, 15) is 14.7 Å². The van der Waals surface area contributed by atoms with Crippen LogP contribution in [0.2, 0.25) is 5.15 Å². The second-order valence-corrected chi connectivity index (χ2v) is 5.89. The maximum absolute atomic E-state index is 12.6. The van der Waals surface area contributed by atoms with Crippen molar-refractivity contribution >= 4 is 23.5 Å². The Morgan fingerprint density at radius 1 is 1.48 bits per heavy atom. The number of carbonyl (C=O) groups is 2. The zero-order valence-corrected chi connectivity index (χ0v) is 12.9. The molecule has 0 bridgehead atoms. The summed E-state index contributed by atoms with van der Waals surface area (Å²) in [6, 6.07) is 2.42. The number of nitrogens with zero attached hydrogens (tertiary/aromatic N) is 2. The molecule has 1 saturated heterocycles. The highest BCUT2D eigenvalue weighted by Gasteiger charge is 2.35. The van der Waals surface area contributed by atoms with Crippen LogP contribution < -0.4 is 0 Å². The Labute approximate surface area is 128 Å². The molecule has 0 radical (unpaired) electrons. The molecule has 6 heteroatoms. The lowest BCUT2D eigenvalue weighted by Gasteiger charge is -2.36. The summed E-state index contributed by atoms with van der Waals surface area (Å²) in [7, 11) is 0. The normalized spacial score (nSPS) is 22.1. The first-order valence-corrected chi connectivity index (χ1v) is 7.50. The fourth-order valence-electron chi connectivity index (χ4n) is 2.64. The van der Waals surface area contributed by atoms with E-state index in [4.69, 9.17) is 11.6 Å². The molecule has 1 aromatic rings. The SMILES string of the molecule is CCc1cc(C(=O)N2CCC(C)CC2C(=O)O)cc(Cl)n1. The second kappa shape index (κ2) is 6.43. The molecule has 21 heavy (non-hydrogen) atoms. The van der Waals surface area contributed by atoms with Gasteiger partial charge < -0.3 is 10.0 Å². The largest absolute Gasteiger partial charge is 0.480 e. The lowest BCUT2D eigenvalue weighted by Crippen LogP contribution is -2.49. The number of pyridine rings is 1. The zero-order valence-electron chi connectivity index (χ0n) is 12.2. The number of aromatic nitrogens is 1. The number of aryl methyl sites for hydroxylation is 1. The van der Waals surface area contributed by atoms with Gasteiger partial charge >= 0.3 is 5.97 Å². The summed E-state index contributed by atoms with van der Waals surface area (Å²) in [5.41, 5.74) is 1.13. The third-order valence-electron chi connectivity index (χ3n) is 3.87. The van der Waals surface area contributed by atoms with Crippen LogP contribution in [0.4, 0.5) is 0 Å². The molecule has 1 aliphatic heterocycles. The number of carbonyl (C=O) groups excluding carboxylic acids is 1. The van der Waals surface area contributed by atoms with E-state index in [0.29, 0.717) is 30.9 Å². The van der Waals surface area contributed by atoms with Crippen molar-refractivity contribution in [2.75, 3.05) is 6.54 Å². The number of rotatable bonds is 3. The van der Waals surface area contributed by atoms with Crippen molar-refractivity contribution in [2.45, 2.75) is 39.2 Å². The van der Waals surface area contributed by atoms with Gasteiger partial charge in [-0.3, -0.25) is 4.79 Å². The van der Waals surface area contributed by atoms with Crippen molar-refractivity contribution in [3.63, 3.8) is 0 Å². The predicted molar refractivity (Wildman–Crippen MR) is 79.5 cm³/mol. The van der Waals surface area contributed by atoms with Crippen molar-refractivity contribution in [1.29, 1.82) is 0 Å². The number of likely N-dealkylation sites (tertiary alicyclic amines) is 1. The molecule has 0 saturated carbocycles. The molecule has 0 spiro atoms. The highest BCUT2D eigenvalue weighted by Crippen LogP contribution is 2.25. The highest BCUT2D eigenvalue weighted by atomic mass is 35.5. The molecular formula is C15H19ClN2O3. The predicted octanol–water partition coefficient (Wildman–Crippen LogP) is 2.62. The quantitative estimate of drug-likeness (QED) is 0.871. The van der Waals surface area contributed by atoms with Gasteiger partial charge in [-0.25, -0.2) is 9.78 Å². The van der Waals surface area contributed by atoms with Gasteiger partial charge in [0.15, 0.2) is 0 Å². The Balaban J connectivity index is 2.29. The molecule has 1 fully saturated rings. The van der Waals surface area contributed by atoms with E-state index < -0.39 is 12.0 Å². The molecule has 2 rings (SSSR count). The molecule has 2 unspecified atom stereocenters. The van der Waals surface area contributed by atoms with Gasteiger partial charge in [0.1, 0.15) is 11.2 Å². The average Bonchev–Trinajstić information content (AvgIpc) is 2.45. The minimum absolute atomic E-state index is 0.259. The van der Waals surface area contributed by atoms with Gasteiger partial charge in [0.2, 0.25) is 0 Å². The van der Waals surface area contributed by atoms with Crippen LogP contribution in [0.25, 0.3) is 0 Å². The second-order valence-electron chi connectivity index (χ2n) is 5.51. The third-order valence-corrected chi connectivity index (χ3v) is 4.06. The first-order valence-electron chi connectivity index (χ1n) is 7.12. The van der Waals surface area contributed by atoms with Crippen LogP contribution >= 0.6 is 11.6 Å². The van der Waals surface area contributed by atoms with Gasteiger partial charge in [-0.05, 0) is 37.3 Å². The van der Waals surface area contributed by atoms with Crippen molar-refractivity contribution in [3.05, 3.63) is 28.5 Å². The minimum Gasteiger partial charge on any atom is -0.480 e. The topological polar surface area (TPSA) is 70.5 Å². The number of aliphatic carboxylic acids is 1. The van der Waals surface area contributed by atoms with Crippen molar-refractivity contribution in [2.24, 2.45) is 5.92 Å². The lowest BCUT2D eigenvalue weighted by molar-refractivity contribution is -0.144. The molecule has 0 aromatic carbocycles. The maximum Gasteiger partial charge on any atom is 0.326 e. The standard InChI is InChI=1S/C15H19ClN2O3/c1-3-11-7-10(8-13(16)17-11)14(19)18-5-4-9(2)6-12(18)15(20)21/h7-9,12H,3-6H2,1-2H3,(H,20,21). The highest BCUT2D eigenvalue weighted by molar-refractivity contribution is 6.29. The van der Waals surface area contributed by atoms with Gasteiger partial charge in [-0.1, -0.05) is 25.4 Å². The molecular weight excluding hydrogens is 292 g/mol. The van der Waals surface area contributed by atoms with Crippen molar-refractivity contribution < 1.29 is 14.7 Å². The fourth-order valence-corrected chi connectivity index (χ4v) is 2.87. The lowest BCUT2D eigenvalue weighted by atomic mass is 9.92. The Morgan fingerprint density at radius 3 is 2.81 bits per heavy atom. The van der Waals surface area contributed by atoms with Crippen LogP contribution in [0.15, 0.2) is 12.1 Å². The van der Waals surface area contributed by atoms with E-state index in [1.807, 2.05) is 13.8 Å². The van der Waals surface area contributed by atoms with Gasteiger partial charge in [0, 0.05) is 17.8 Å². The van der Waals surface area contributed by atoms with Gasteiger partial charge in [0.25, 0.3) is 5.91 Å². The number of piperidine rings is 1. The first kappa shape index (κ1) is 15.8. The Hall–Kier alpha value is -1.62. The first-order chi connectivity index (χ1) is 9.92. The number of amides is 1. The summed E-state index contributed by atoms with van der Waals surface area (Å²) < 4.78 is 0. The van der Waals surface area contributed by atoms with Crippen molar-refractivity contribution in [1.82, 2.24) is 9.88 Å². The molecule has 2 atom stereocenters. The molecule has 1 amide bonds. The third kappa shape index (κ3) is 3.53. The van der Waals surface area contributed by atoms with Gasteiger partial charge in [0.05, 0.1) is 0 Å². The van der Waals surface area contributed by atoms with Crippen molar-refractivity contribution in [3.8, 4) is 0 Å². The maximum atomic E-state index is 12.6. The van der Waals surface area contributed by atoms with E-state index in [1.54, 1.807) is 6.07 Å². The minimum atomic E-state index is -0.953. The molecule has 5 nitrogen and oxygen atoms in total. The summed E-state index contributed by atoms with van der Waals surface area (Å²) in [6.45, 7) is 4.39. The number of hydrogen-bond acceptors (Lipinski definition) is 3. The Bertz CT molecular complexity index is 562. The molecule has 1 N–H and O–H groups in total. The number of hydrogen-bond donors (Lipinski definition) is 1. The van der Waals surface area contributed by atoms with Crippen LogP contribution in [0.5, 0.6) is 0 Å². The van der Waals surface area contributed by atoms with Gasteiger partial charge in [-0.2, -0.15) is 0 Å². The molecule has 1 aromatic heterocycles. The van der Waals surface area contributed by atoms with E-state index in [2.05, 4.69) is 4.98 Å². The fraction of sp³-hybridized carbons (Fsp3) is 0.533. The molecule has 0 aliphatic carbocycles. The Kier molecular flexibility index (Phi) is 4.83. The smallest absolute Gasteiger partial charge is 0.326 e. The number of halogens is 1. The summed E-state index contributed by atoms with van der Waals surface area (Å²) in [6.07, 6.45) is 1.97. The van der Waals surface area contributed by atoms with E-state index >= 15 is 0 Å². The van der Waals surface area contributed by atoms with Crippen LogP contribution in [0.1, 0.15) is 42.7 Å². The van der Waals surface area contributed by atoms with E-state index in [0.717, 1.165) is 12.1 Å². The number of carboxylic acids is 1. The zero-order chi connectivity index (χ0) is 15.6. The average molecular weight is 311 g/mol. The molecule has 1 aliphatic rings. The van der Waals surface area contributed by atoms with Crippen LogP contribution in [0.3, 0.4) is 0 Å².